The average molecular weight is 298 g/mol. The van der Waals surface area contributed by atoms with Gasteiger partial charge in [-0.25, -0.2) is 0 Å². The number of rotatable bonds is 12. The van der Waals surface area contributed by atoms with Gasteiger partial charge in [0.2, 0.25) is 5.91 Å². The molecule has 21 heavy (non-hydrogen) atoms. The zero-order chi connectivity index (χ0) is 16.1. The Kier molecular flexibility index (Phi) is 10.9. The normalized spacial score (nSPS) is 11.2. The summed E-state index contributed by atoms with van der Waals surface area (Å²) in [5.41, 5.74) is -0.885. The fraction of sp³-hybridized carbons (Fsp3) is 0.875. The zero-order valence-electron chi connectivity index (χ0n) is 14.0. The lowest BCUT2D eigenvalue weighted by Crippen LogP contribution is -2.45. The van der Waals surface area contributed by atoms with Crippen LogP contribution in [0.2, 0.25) is 0 Å². The van der Waals surface area contributed by atoms with Gasteiger partial charge in [0.05, 0.1) is 12.7 Å². The van der Waals surface area contributed by atoms with Crippen molar-refractivity contribution in [3.63, 3.8) is 0 Å². The molecule has 0 aromatic carbocycles. The van der Waals surface area contributed by atoms with Gasteiger partial charge in [0.1, 0.15) is 5.41 Å². The van der Waals surface area contributed by atoms with E-state index in [0.29, 0.717) is 39.1 Å². The second kappa shape index (κ2) is 11.5. The summed E-state index contributed by atoms with van der Waals surface area (Å²) in [7, 11) is 3.27. The van der Waals surface area contributed by atoms with Crippen molar-refractivity contribution < 1.29 is 14.3 Å². The van der Waals surface area contributed by atoms with E-state index in [1.54, 1.807) is 19.1 Å². The highest BCUT2D eigenvalue weighted by Gasteiger charge is 2.39. The molecule has 0 heterocycles. The highest BCUT2D eigenvalue weighted by molar-refractivity contribution is 5.85. The number of nitrogens with zero attached hydrogens (tertiary/aromatic N) is 2. The minimum absolute atomic E-state index is 0.0538. The molecular formula is C16H30N2O3. The van der Waals surface area contributed by atoms with Gasteiger partial charge >= 0.3 is 0 Å². The lowest BCUT2D eigenvalue weighted by Gasteiger charge is -2.32. The average Bonchev–Trinajstić information content (AvgIpc) is 2.49. The second-order valence-corrected chi connectivity index (χ2v) is 5.33. The lowest BCUT2D eigenvalue weighted by molar-refractivity contribution is -0.140. The monoisotopic (exact) mass is 298 g/mol. The van der Waals surface area contributed by atoms with E-state index >= 15 is 0 Å². The van der Waals surface area contributed by atoms with Crippen molar-refractivity contribution in [3.05, 3.63) is 0 Å². The number of carbonyl (C=O) groups is 1. The largest absolute Gasteiger partial charge is 0.385 e. The highest BCUT2D eigenvalue weighted by Crippen LogP contribution is 2.31. The Bertz CT molecular complexity index is 320. The summed E-state index contributed by atoms with van der Waals surface area (Å²) in [5.74, 6) is -0.0538. The van der Waals surface area contributed by atoms with Crippen LogP contribution in [0, 0.1) is 16.7 Å². The van der Waals surface area contributed by atoms with Crippen molar-refractivity contribution in [2.45, 2.75) is 46.0 Å². The Balaban J connectivity index is 5.03. The standard InChI is InChI=1S/C16H30N2O3/c1-5-8-16(14-17,9-6-2)15(19)18(11-13-21-4)10-7-12-20-3/h5-13H2,1-4H3. The smallest absolute Gasteiger partial charge is 0.243 e. The number of hydrogen-bond acceptors (Lipinski definition) is 4. The van der Waals surface area contributed by atoms with E-state index in [1.165, 1.54) is 0 Å². The first-order chi connectivity index (χ1) is 10.1. The van der Waals surface area contributed by atoms with Gasteiger partial charge in [0.25, 0.3) is 0 Å². The third-order valence-corrected chi connectivity index (χ3v) is 3.61. The molecule has 0 rings (SSSR count). The van der Waals surface area contributed by atoms with E-state index in [2.05, 4.69) is 6.07 Å². The number of amides is 1. The molecule has 0 bridgehead atoms. The van der Waals surface area contributed by atoms with Gasteiger partial charge < -0.3 is 14.4 Å². The van der Waals surface area contributed by atoms with Gasteiger partial charge in [0.15, 0.2) is 0 Å². The van der Waals surface area contributed by atoms with Crippen molar-refractivity contribution in [3.8, 4) is 6.07 Å². The molecule has 0 aromatic heterocycles. The SMILES string of the molecule is CCCC(C#N)(CCC)C(=O)N(CCCOC)CCOC. The van der Waals surface area contributed by atoms with E-state index in [4.69, 9.17) is 9.47 Å². The van der Waals surface area contributed by atoms with Gasteiger partial charge in [0, 0.05) is 33.9 Å². The topological polar surface area (TPSA) is 62.6 Å². The van der Waals surface area contributed by atoms with E-state index in [-0.39, 0.29) is 5.91 Å². The fourth-order valence-electron chi connectivity index (χ4n) is 2.57. The van der Waals surface area contributed by atoms with Crippen molar-refractivity contribution >= 4 is 5.91 Å². The molecule has 0 atom stereocenters. The van der Waals surface area contributed by atoms with Crippen molar-refractivity contribution in [1.29, 1.82) is 5.26 Å². The molecule has 1 amide bonds. The molecule has 0 saturated heterocycles. The van der Waals surface area contributed by atoms with Crippen LogP contribution in [0.25, 0.3) is 0 Å². The molecule has 0 aromatic rings. The Morgan fingerprint density at radius 3 is 2.10 bits per heavy atom. The number of ether oxygens (including phenoxy) is 2. The summed E-state index contributed by atoms with van der Waals surface area (Å²) in [6, 6.07) is 2.30. The molecule has 0 fully saturated rings. The van der Waals surface area contributed by atoms with Gasteiger partial charge in [-0.2, -0.15) is 5.26 Å². The molecule has 0 aliphatic heterocycles. The first kappa shape index (κ1) is 19.9. The molecular weight excluding hydrogens is 268 g/mol. The van der Waals surface area contributed by atoms with Crippen LogP contribution in [0.15, 0.2) is 0 Å². The van der Waals surface area contributed by atoms with Crippen LogP contribution in [0.1, 0.15) is 46.0 Å². The lowest BCUT2D eigenvalue weighted by atomic mass is 9.79. The van der Waals surface area contributed by atoms with Crippen LogP contribution in [-0.4, -0.2) is 51.3 Å². The minimum Gasteiger partial charge on any atom is -0.385 e. The maximum Gasteiger partial charge on any atom is 0.243 e. The van der Waals surface area contributed by atoms with Gasteiger partial charge in [-0.1, -0.05) is 26.7 Å². The molecule has 0 unspecified atom stereocenters. The predicted molar refractivity (Wildman–Crippen MR) is 82.8 cm³/mol. The molecule has 0 saturated carbocycles. The van der Waals surface area contributed by atoms with Crippen molar-refractivity contribution in [2.24, 2.45) is 5.41 Å². The van der Waals surface area contributed by atoms with Crippen LogP contribution in [0.3, 0.4) is 0 Å². The van der Waals surface area contributed by atoms with Gasteiger partial charge in [-0.05, 0) is 19.3 Å². The van der Waals surface area contributed by atoms with Crippen LogP contribution < -0.4 is 0 Å². The Labute approximate surface area is 129 Å². The summed E-state index contributed by atoms with van der Waals surface area (Å²) in [6.07, 6.45) is 3.66. The molecule has 0 aliphatic carbocycles. The van der Waals surface area contributed by atoms with Crippen LogP contribution in [-0.2, 0) is 14.3 Å². The summed E-state index contributed by atoms with van der Waals surface area (Å²) in [5, 5.41) is 9.60. The first-order valence-electron chi connectivity index (χ1n) is 7.80. The van der Waals surface area contributed by atoms with Gasteiger partial charge in [-0.15, -0.1) is 0 Å². The Morgan fingerprint density at radius 1 is 1.10 bits per heavy atom. The number of nitriles is 1. The molecule has 0 aliphatic rings. The third-order valence-electron chi connectivity index (χ3n) is 3.61. The van der Waals surface area contributed by atoms with E-state index < -0.39 is 5.41 Å². The summed E-state index contributed by atoms with van der Waals surface area (Å²) < 4.78 is 10.1. The summed E-state index contributed by atoms with van der Waals surface area (Å²) in [4.78, 5) is 14.6. The maximum atomic E-state index is 12.9. The molecule has 0 N–H and O–H groups in total. The maximum absolute atomic E-state index is 12.9. The zero-order valence-corrected chi connectivity index (χ0v) is 14.0. The van der Waals surface area contributed by atoms with E-state index in [0.717, 1.165) is 19.3 Å². The first-order valence-corrected chi connectivity index (χ1v) is 7.80. The van der Waals surface area contributed by atoms with Crippen molar-refractivity contribution in [1.82, 2.24) is 4.90 Å². The third kappa shape index (κ3) is 6.45. The minimum atomic E-state index is -0.885. The van der Waals surface area contributed by atoms with Gasteiger partial charge in [-0.3, -0.25) is 4.79 Å². The van der Waals surface area contributed by atoms with Crippen LogP contribution in [0.5, 0.6) is 0 Å². The summed E-state index contributed by atoms with van der Waals surface area (Å²) in [6.45, 7) is 6.25. The second-order valence-electron chi connectivity index (χ2n) is 5.33. The molecule has 5 heteroatoms. The molecule has 0 spiro atoms. The van der Waals surface area contributed by atoms with Crippen LogP contribution >= 0.6 is 0 Å². The fourth-order valence-corrected chi connectivity index (χ4v) is 2.57. The highest BCUT2D eigenvalue weighted by atomic mass is 16.5. The van der Waals surface area contributed by atoms with Crippen LogP contribution in [0.4, 0.5) is 0 Å². The van der Waals surface area contributed by atoms with E-state index in [9.17, 15) is 10.1 Å². The quantitative estimate of drug-likeness (QED) is 0.520. The molecule has 5 nitrogen and oxygen atoms in total. The molecule has 0 radical (unpaired) electrons. The number of carbonyl (C=O) groups excluding carboxylic acids is 1. The predicted octanol–water partition coefficient (Wildman–Crippen LogP) is 2.61. The summed E-state index contributed by atoms with van der Waals surface area (Å²) >= 11 is 0. The Hall–Kier alpha value is -1.12. The van der Waals surface area contributed by atoms with Crippen molar-refractivity contribution in [2.75, 3.05) is 40.5 Å². The van der Waals surface area contributed by atoms with E-state index in [1.807, 2.05) is 13.8 Å². The molecule has 122 valence electrons. The Morgan fingerprint density at radius 2 is 1.67 bits per heavy atom. The number of methoxy groups -OCH3 is 2. The number of hydrogen-bond donors (Lipinski definition) is 0.